The summed E-state index contributed by atoms with van der Waals surface area (Å²) in [5.74, 6) is 0.732. The molecule has 0 saturated carbocycles. The van der Waals surface area contributed by atoms with E-state index in [0.717, 1.165) is 12.5 Å². The highest BCUT2D eigenvalue weighted by Crippen LogP contribution is 2.37. The molecule has 3 nitrogen and oxygen atoms in total. The normalized spacial score (nSPS) is 19.6. The first kappa shape index (κ1) is 16.8. The second-order valence-electron chi connectivity index (χ2n) is 6.79. The molecule has 0 radical (unpaired) electrons. The van der Waals surface area contributed by atoms with Gasteiger partial charge in [-0.1, -0.05) is 20.8 Å². The van der Waals surface area contributed by atoms with Crippen molar-refractivity contribution in [2.75, 3.05) is 18.5 Å². The van der Waals surface area contributed by atoms with Crippen molar-refractivity contribution >= 4 is 16.5 Å². The van der Waals surface area contributed by atoms with Crippen molar-refractivity contribution in [3.63, 3.8) is 0 Å². The lowest BCUT2D eigenvalue weighted by Gasteiger charge is -2.25. The van der Waals surface area contributed by atoms with Crippen molar-refractivity contribution in [1.29, 1.82) is 0 Å². The first-order valence-electron chi connectivity index (χ1n) is 8.48. The molecule has 0 bridgehead atoms. The van der Waals surface area contributed by atoms with Gasteiger partial charge >= 0.3 is 0 Å². The van der Waals surface area contributed by atoms with Crippen LogP contribution in [0.4, 0.5) is 5.13 Å². The lowest BCUT2D eigenvalue weighted by Crippen LogP contribution is -2.30. The fourth-order valence-corrected chi connectivity index (χ4v) is 4.33. The zero-order chi connectivity index (χ0) is 15.4. The smallest absolute Gasteiger partial charge is 0.185 e. The Morgan fingerprint density at radius 1 is 1.38 bits per heavy atom. The second kappa shape index (κ2) is 7.59. The predicted molar refractivity (Wildman–Crippen MR) is 93.4 cm³/mol. The molecule has 4 heteroatoms. The van der Waals surface area contributed by atoms with Crippen LogP contribution in [0.1, 0.15) is 70.0 Å². The molecular weight excluding hydrogens is 278 g/mol. The van der Waals surface area contributed by atoms with Gasteiger partial charge in [0.15, 0.2) is 5.13 Å². The molecule has 1 heterocycles. The van der Waals surface area contributed by atoms with Crippen LogP contribution in [0.25, 0.3) is 0 Å². The number of nitrogens with one attached hydrogen (secondary N) is 1. The van der Waals surface area contributed by atoms with Crippen molar-refractivity contribution in [2.24, 2.45) is 5.92 Å². The van der Waals surface area contributed by atoms with Gasteiger partial charge in [0, 0.05) is 18.0 Å². The van der Waals surface area contributed by atoms with Gasteiger partial charge in [-0.25, -0.2) is 4.98 Å². The van der Waals surface area contributed by atoms with Crippen LogP contribution >= 0.6 is 11.3 Å². The monoisotopic (exact) mass is 309 g/mol. The van der Waals surface area contributed by atoms with Crippen LogP contribution in [-0.4, -0.2) is 24.6 Å². The molecule has 1 aromatic rings. The van der Waals surface area contributed by atoms with Gasteiger partial charge < -0.3 is 10.2 Å². The van der Waals surface area contributed by atoms with Crippen LogP contribution in [0.15, 0.2) is 0 Å². The quantitative estimate of drug-likeness (QED) is 0.809. The molecule has 0 amide bonds. The number of hydrogen-bond acceptors (Lipinski definition) is 4. The molecule has 0 saturated heterocycles. The maximum absolute atomic E-state index is 5.00. The van der Waals surface area contributed by atoms with E-state index in [9.17, 15) is 0 Å². The number of thiazole rings is 1. The molecular formula is C17H31N3S. The Kier molecular flexibility index (Phi) is 6.06. The van der Waals surface area contributed by atoms with Crippen LogP contribution in [-0.2, 0) is 6.42 Å². The van der Waals surface area contributed by atoms with E-state index in [-0.39, 0.29) is 0 Å². The Labute approximate surface area is 134 Å². The average molecular weight is 310 g/mol. The van der Waals surface area contributed by atoms with Crippen molar-refractivity contribution in [1.82, 2.24) is 10.3 Å². The minimum Gasteiger partial charge on any atom is -0.348 e. The highest BCUT2D eigenvalue weighted by atomic mass is 32.1. The number of anilines is 1. The molecule has 0 spiro atoms. The van der Waals surface area contributed by atoms with Crippen LogP contribution in [0.2, 0.25) is 0 Å². The van der Waals surface area contributed by atoms with Gasteiger partial charge in [0.1, 0.15) is 0 Å². The van der Waals surface area contributed by atoms with Crippen molar-refractivity contribution in [3.05, 3.63) is 10.6 Å². The molecule has 2 rings (SSSR count). The maximum atomic E-state index is 5.00. The first-order chi connectivity index (χ1) is 10.0. The first-order valence-corrected chi connectivity index (χ1v) is 9.30. The molecule has 21 heavy (non-hydrogen) atoms. The fourth-order valence-electron chi connectivity index (χ4n) is 3.10. The van der Waals surface area contributed by atoms with E-state index in [4.69, 9.17) is 4.98 Å². The fraction of sp³-hybridized carbons (Fsp3) is 0.824. The molecule has 0 fully saturated rings. The van der Waals surface area contributed by atoms with Gasteiger partial charge in [0.25, 0.3) is 0 Å². The van der Waals surface area contributed by atoms with E-state index in [1.807, 2.05) is 11.3 Å². The summed E-state index contributed by atoms with van der Waals surface area (Å²) in [5, 5.41) is 4.87. The van der Waals surface area contributed by atoms with E-state index in [2.05, 4.69) is 45.0 Å². The third-order valence-electron chi connectivity index (χ3n) is 4.36. The number of nitrogens with zero attached hydrogens (tertiary/aromatic N) is 2. The van der Waals surface area contributed by atoms with Crippen molar-refractivity contribution in [2.45, 2.75) is 71.9 Å². The van der Waals surface area contributed by atoms with E-state index >= 15 is 0 Å². The topological polar surface area (TPSA) is 28.2 Å². The summed E-state index contributed by atoms with van der Waals surface area (Å²) < 4.78 is 0. The zero-order valence-corrected chi connectivity index (χ0v) is 15.1. The van der Waals surface area contributed by atoms with E-state index in [1.165, 1.54) is 47.8 Å². The molecule has 120 valence electrons. The van der Waals surface area contributed by atoms with Gasteiger partial charge in [0.05, 0.1) is 11.7 Å². The van der Waals surface area contributed by atoms with Crippen LogP contribution in [0.5, 0.6) is 0 Å². The molecule has 1 N–H and O–H groups in total. The highest BCUT2D eigenvalue weighted by molar-refractivity contribution is 7.15. The third-order valence-corrected chi connectivity index (χ3v) is 5.58. The van der Waals surface area contributed by atoms with Gasteiger partial charge in [-0.05, 0) is 51.5 Å². The van der Waals surface area contributed by atoms with Crippen molar-refractivity contribution in [3.8, 4) is 0 Å². The number of fused-ring (bicyclic) bond motifs is 1. The second-order valence-corrected chi connectivity index (χ2v) is 7.86. The van der Waals surface area contributed by atoms with Crippen molar-refractivity contribution < 1.29 is 0 Å². The van der Waals surface area contributed by atoms with Crippen LogP contribution < -0.4 is 10.2 Å². The molecule has 2 unspecified atom stereocenters. The SMILES string of the molecule is CCCNC1CCCc2sc(N(C)C(C)CC(C)C)nc21. The molecule has 1 aliphatic rings. The van der Waals surface area contributed by atoms with Gasteiger partial charge in [0.2, 0.25) is 0 Å². The number of aryl methyl sites for hydroxylation is 1. The molecule has 0 aliphatic heterocycles. The number of aromatic nitrogens is 1. The lowest BCUT2D eigenvalue weighted by atomic mass is 9.97. The predicted octanol–water partition coefficient (Wildman–Crippen LogP) is 4.39. The van der Waals surface area contributed by atoms with Crippen LogP contribution in [0, 0.1) is 5.92 Å². The lowest BCUT2D eigenvalue weighted by molar-refractivity contribution is 0.453. The summed E-state index contributed by atoms with van der Waals surface area (Å²) in [5.41, 5.74) is 1.33. The highest BCUT2D eigenvalue weighted by Gasteiger charge is 2.26. The van der Waals surface area contributed by atoms with Gasteiger partial charge in [-0.15, -0.1) is 11.3 Å². The largest absolute Gasteiger partial charge is 0.348 e. The van der Waals surface area contributed by atoms with Gasteiger partial charge in [-0.2, -0.15) is 0 Å². The summed E-state index contributed by atoms with van der Waals surface area (Å²) in [4.78, 5) is 8.88. The number of hydrogen-bond donors (Lipinski definition) is 1. The molecule has 2 atom stereocenters. The van der Waals surface area contributed by atoms with Crippen LogP contribution in [0.3, 0.4) is 0 Å². The van der Waals surface area contributed by atoms with E-state index in [0.29, 0.717) is 12.1 Å². The summed E-state index contributed by atoms with van der Waals surface area (Å²) in [7, 11) is 2.20. The minimum atomic E-state index is 0.479. The minimum absolute atomic E-state index is 0.479. The summed E-state index contributed by atoms with van der Waals surface area (Å²) >= 11 is 1.91. The third kappa shape index (κ3) is 4.19. The Hall–Kier alpha value is -0.610. The Morgan fingerprint density at radius 3 is 2.81 bits per heavy atom. The summed E-state index contributed by atoms with van der Waals surface area (Å²) in [6.45, 7) is 10.2. The molecule has 1 aromatic heterocycles. The molecule has 0 aromatic carbocycles. The maximum Gasteiger partial charge on any atom is 0.185 e. The Balaban J connectivity index is 2.11. The zero-order valence-electron chi connectivity index (χ0n) is 14.3. The van der Waals surface area contributed by atoms with Gasteiger partial charge in [-0.3, -0.25) is 0 Å². The number of rotatable bonds is 7. The standard InChI is InChI=1S/C17H31N3S/c1-6-10-18-14-8-7-9-15-16(14)19-17(21-15)20(5)13(4)11-12(2)3/h12-14,18H,6-11H2,1-5H3. The summed E-state index contributed by atoms with van der Waals surface area (Å²) in [6.07, 6.45) is 6.15. The summed E-state index contributed by atoms with van der Waals surface area (Å²) in [6, 6.07) is 1.03. The van der Waals surface area contributed by atoms with E-state index < -0.39 is 0 Å². The van der Waals surface area contributed by atoms with E-state index in [1.54, 1.807) is 0 Å². The molecule has 1 aliphatic carbocycles. The average Bonchev–Trinajstić information content (AvgIpc) is 2.87. The Morgan fingerprint density at radius 2 is 2.14 bits per heavy atom. The Bertz CT molecular complexity index is 441.